The Morgan fingerprint density at radius 2 is 1.93 bits per heavy atom. The quantitative estimate of drug-likeness (QED) is 0.820. The fourth-order valence-electron chi connectivity index (χ4n) is 1.43. The summed E-state index contributed by atoms with van der Waals surface area (Å²) in [5.41, 5.74) is 1.37. The lowest BCUT2D eigenvalue weighted by molar-refractivity contribution is 0.508. The maximum Gasteiger partial charge on any atom is 0.0207 e. The van der Waals surface area contributed by atoms with E-state index >= 15 is 0 Å². The molecule has 0 amide bonds. The van der Waals surface area contributed by atoms with Crippen LogP contribution in [0.5, 0.6) is 0 Å². The number of hydrogen-bond acceptors (Lipinski definition) is 1. The Bertz CT molecular complexity index is 256. The molecule has 1 nitrogen and oxygen atoms in total. The molecule has 0 aliphatic rings. The first-order valence-corrected chi connectivity index (χ1v) is 6.28. The second-order valence-corrected chi connectivity index (χ2v) is 4.94. The molecule has 1 atom stereocenters. The van der Waals surface area contributed by atoms with E-state index in [9.17, 15) is 0 Å². The van der Waals surface area contributed by atoms with Crippen LogP contribution in [0.2, 0.25) is 0 Å². The Balaban J connectivity index is 2.34. The molecule has 0 radical (unpaired) electrons. The molecule has 1 rings (SSSR count). The lowest BCUT2D eigenvalue weighted by Gasteiger charge is -2.12. The third-order valence-corrected chi connectivity index (χ3v) is 3.01. The molecule has 0 aliphatic heterocycles. The van der Waals surface area contributed by atoms with Gasteiger partial charge >= 0.3 is 0 Å². The fourth-order valence-corrected chi connectivity index (χ4v) is 1.79. The third kappa shape index (κ3) is 4.42. The summed E-state index contributed by atoms with van der Waals surface area (Å²) in [6.07, 6.45) is 2.51. The second kappa shape index (κ2) is 6.40. The minimum absolute atomic E-state index is 0.624. The smallest absolute Gasteiger partial charge is 0.0207 e. The van der Waals surface area contributed by atoms with E-state index in [1.54, 1.807) is 0 Å². The van der Waals surface area contributed by atoms with E-state index in [2.05, 4.69) is 66.0 Å². The first kappa shape index (κ1) is 12.0. The average Bonchev–Trinajstić information content (AvgIpc) is 2.17. The van der Waals surface area contributed by atoms with Crippen molar-refractivity contribution < 1.29 is 0 Å². The maximum atomic E-state index is 3.52. The van der Waals surface area contributed by atoms with E-state index in [1.165, 1.54) is 22.0 Å². The van der Waals surface area contributed by atoms with Gasteiger partial charge in [0.15, 0.2) is 0 Å². The van der Waals surface area contributed by atoms with Gasteiger partial charge in [-0.05, 0) is 53.6 Å². The van der Waals surface area contributed by atoms with Crippen LogP contribution in [0.25, 0.3) is 0 Å². The molecule has 0 bridgehead atoms. The van der Waals surface area contributed by atoms with Crippen molar-refractivity contribution in [3.63, 3.8) is 0 Å². The summed E-state index contributed by atoms with van der Waals surface area (Å²) in [5, 5.41) is 3.52. The highest BCUT2D eigenvalue weighted by molar-refractivity contribution is 14.1. The van der Waals surface area contributed by atoms with E-state index in [1.807, 2.05) is 0 Å². The van der Waals surface area contributed by atoms with Gasteiger partial charge < -0.3 is 5.32 Å². The van der Waals surface area contributed by atoms with Gasteiger partial charge in [-0.3, -0.25) is 0 Å². The summed E-state index contributed by atoms with van der Waals surface area (Å²) in [6.45, 7) is 5.46. The monoisotopic (exact) mass is 303 g/mol. The minimum Gasteiger partial charge on any atom is -0.310 e. The van der Waals surface area contributed by atoms with Gasteiger partial charge in [-0.2, -0.15) is 0 Å². The van der Waals surface area contributed by atoms with Crippen molar-refractivity contribution in [3.8, 4) is 0 Å². The van der Waals surface area contributed by atoms with Crippen molar-refractivity contribution in [3.05, 3.63) is 33.4 Å². The van der Waals surface area contributed by atoms with E-state index in [0.29, 0.717) is 6.04 Å². The average molecular weight is 303 g/mol. The van der Waals surface area contributed by atoms with Gasteiger partial charge in [0.05, 0.1) is 0 Å². The predicted molar refractivity (Wildman–Crippen MR) is 70.4 cm³/mol. The van der Waals surface area contributed by atoms with Crippen LogP contribution in [0, 0.1) is 3.57 Å². The molecule has 14 heavy (non-hydrogen) atoms. The number of nitrogens with one attached hydrogen (secondary N) is 1. The van der Waals surface area contributed by atoms with Gasteiger partial charge in [0, 0.05) is 16.2 Å². The minimum atomic E-state index is 0.624. The van der Waals surface area contributed by atoms with Crippen LogP contribution in [0.3, 0.4) is 0 Å². The lowest BCUT2D eigenvalue weighted by Crippen LogP contribution is -2.24. The zero-order valence-corrected chi connectivity index (χ0v) is 11.0. The van der Waals surface area contributed by atoms with Crippen molar-refractivity contribution in [2.24, 2.45) is 0 Å². The lowest BCUT2D eigenvalue weighted by atomic mass is 10.1. The number of rotatable bonds is 5. The van der Waals surface area contributed by atoms with Gasteiger partial charge in [-0.1, -0.05) is 25.5 Å². The molecule has 1 N–H and O–H groups in total. The Hall–Kier alpha value is -0.0900. The van der Waals surface area contributed by atoms with E-state index < -0.39 is 0 Å². The maximum absolute atomic E-state index is 3.52. The van der Waals surface area contributed by atoms with Crippen LogP contribution in [0.15, 0.2) is 24.3 Å². The molecule has 1 aromatic rings. The van der Waals surface area contributed by atoms with Crippen LogP contribution >= 0.6 is 22.6 Å². The summed E-state index contributed by atoms with van der Waals surface area (Å²) in [7, 11) is 0. The Kier molecular flexibility index (Phi) is 5.48. The van der Waals surface area contributed by atoms with Gasteiger partial charge in [0.2, 0.25) is 0 Å². The molecule has 0 aromatic heterocycles. The van der Waals surface area contributed by atoms with Crippen molar-refractivity contribution >= 4 is 22.6 Å². The summed E-state index contributed by atoms with van der Waals surface area (Å²) in [4.78, 5) is 0. The van der Waals surface area contributed by atoms with E-state index in [4.69, 9.17) is 0 Å². The highest BCUT2D eigenvalue weighted by Gasteiger charge is 1.99. The highest BCUT2D eigenvalue weighted by atomic mass is 127. The molecule has 78 valence electrons. The normalized spacial score (nSPS) is 12.8. The third-order valence-electron chi connectivity index (χ3n) is 2.29. The van der Waals surface area contributed by atoms with Crippen LogP contribution in [0.4, 0.5) is 0 Å². The summed E-state index contributed by atoms with van der Waals surface area (Å²) in [5.74, 6) is 0. The van der Waals surface area contributed by atoms with Crippen molar-refractivity contribution in [1.82, 2.24) is 5.32 Å². The van der Waals surface area contributed by atoms with Gasteiger partial charge in [0.25, 0.3) is 0 Å². The molecule has 2 heteroatoms. The molecular formula is C12H18IN. The molecular weight excluding hydrogens is 285 g/mol. The summed E-state index contributed by atoms with van der Waals surface area (Å²) in [6, 6.07) is 9.31. The molecule has 1 unspecified atom stereocenters. The number of benzene rings is 1. The highest BCUT2D eigenvalue weighted by Crippen LogP contribution is 2.07. The number of hydrogen-bond donors (Lipinski definition) is 1. The molecule has 0 saturated heterocycles. The molecule has 1 aromatic carbocycles. The van der Waals surface area contributed by atoms with Crippen molar-refractivity contribution in [1.29, 1.82) is 0 Å². The SMILES string of the molecule is CCCC(C)NCc1ccc(I)cc1. The molecule has 0 fully saturated rings. The van der Waals surface area contributed by atoms with Crippen LogP contribution in [0.1, 0.15) is 32.3 Å². The standard InChI is InChI=1S/C12H18IN/c1-3-4-10(2)14-9-11-5-7-12(13)8-6-11/h5-8,10,14H,3-4,9H2,1-2H3. The van der Waals surface area contributed by atoms with Crippen LogP contribution in [-0.4, -0.2) is 6.04 Å². The largest absolute Gasteiger partial charge is 0.310 e. The fraction of sp³-hybridized carbons (Fsp3) is 0.500. The molecule has 0 spiro atoms. The number of halogens is 1. The van der Waals surface area contributed by atoms with Gasteiger partial charge in [0.1, 0.15) is 0 Å². The zero-order chi connectivity index (χ0) is 10.4. The zero-order valence-electron chi connectivity index (χ0n) is 8.89. The Morgan fingerprint density at radius 1 is 1.29 bits per heavy atom. The summed E-state index contributed by atoms with van der Waals surface area (Å²) >= 11 is 2.33. The first-order valence-electron chi connectivity index (χ1n) is 5.20. The van der Waals surface area contributed by atoms with Gasteiger partial charge in [-0.25, -0.2) is 0 Å². The Morgan fingerprint density at radius 3 is 2.50 bits per heavy atom. The molecule has 0 aliphatic carbocycles. The topological polar surface area (TPSA) is 12.0 Å². The van der Waals surface area contributed by atoms with Crippen LogP contribution in [-0.2, 0) is 6.54 Å². The van der Waals surface area contributed by atoms with E-state index in [-0.39, 0.29) is 0 Å². The summed E-state index contributed by atoms with van der Waals surface area (Å²) < 4.78 is 1.30. The van der Waals surface area contributed by atoms with Crippen molar-refractivity contribution in [2.45, 2.75) is 39.3 Å². The van der Waals surface area contributed by atoms with Crippen LogP contribution < -0.4 is 5.32 Å². The molecule has 0 heterocycles. The molecule has 0 saturated carbocycles. The van der Waals surface area contributed by atoms with Crippen molar-refractivity contribution in [2.75, 3.05) is 0 Å². The second-order valence-electron chi connectivity index (χ2n) is 3.70. The Labute approximate surface area is 100 Å². The van der Waals surface area contributed by atoms with Gasteiger partial charge in [-0.15, -0.1) is 0 Å². The first-order chi connectivity index (χ1) is 6.72. The van der Waals surface area contributed by atoms with E-state index in [0.717, 1.165) is 6.54 Å². The predicted octanol–water partition coefficient (Wildman–Crippen LogP) is 3.57.